The molecule has 3 nitrogen and oxygen atoms in total. The highest BCUT2D eigenvalue weighted by Gasteiger charge is 2.19. The number of nitrogens with one attached hydrogen (secondary N) is 1. The molecule has 1 fully saturated rings. The number of rotatable bonds is 2. The number of fused-ring (bicyclic) bond motifs is 1. The van der Waals surface area contributed by atoms with Crippen molar-refractivity contribution in [3.63, 3.8) is 0 Å². The Morgan fingerprint density at radius 1 is 1.38 bits per heavy atom. The second kappa shape index (κ2) is 6.16. The van der Waals surface area contributed by atoms with Gasteiger partial charge in [-0.2, -0.15) is 5.10 Å². The lowest BCUT2D eigenvalue weighted by Gasteiger charge is -2.19. The molecule has 1 aliphatic carbocycles. The summed E-state index contributed by atoms with van der Waals surface area (Å²) in [4.78, 5) is 12.8. The summed E-state index contributed by atoms with van der Waals surface area (Å²) < 4.78 is 1.02. The zero-order valence-electron chi connectivity index (χ0n) is 11.9. The summed E-state index contributed by atoms with van der Waals surface area (Å²) in [5.41, 5.74) is 3.77. The molecule has 1 aromatic heterocycles. The number of hydrazone groups is 1. The molecule has 0 saturated heterocycles. The van der Waals surface area contributed by atoms with Crippen LogP contribution in [0.5, 0.6) is 0 Å². The van der Waals surface area contributed by atoms with Gasteiger partial charge >= 0.3 is 0 Å². The lowest BCUT2D eigenvalue weighted by atomic mass is 9.89. The van der Waals surface area contributed by atoms with Crippen LogP contribution in [-0.4, -0.2) is 11.6 Å². The van der Waals surface area contributed by atoms with Gasteiger partial charge in [0.15, 0.2) is 0 Å². The molecule has 1 atom stereocenters. The summed E-state index contributed by atoms with van der Waals surface area (Å²) in [7, 11) is 0. The van der Waals surface area contributed by atoms with Gasteiger partial charge in [-0.3, -0.25) is 4.79 Å². The summed E-state index contributed by atoms with van der Waals surface area (Å²) in [6.07, 6.45) is 4.53. The van der Waals surface area contributed by atoms with Crippen molar-refractivity contribution in [3.05, 3.63) is 34.2 Å². The van der Waals surface area contributed by atoms with Crippen LogP contribution in [0.1, 0.15) is 42.3 Å². The number of halogens is 1. The van der Waals surface area contributed by atoms with E-state index in [1.165, 1.54) is 17.8 Å². The molecule has 110 valence electrons. The first kappa shape index (κ1) is 14.5. The smallest absolute Gasteiger partial charge is 0.266 e. The number of hydrogen-bond acceptors (Lipinski definition) is 3. The first-order valence-electron chi connectivity index (χ1n) is 7.20. The number of carbonyl (C=O) groups is 1. The molecule has 1 heterocycles. The fourth-order valence-corrected chi connectivity index (χ4v) is 4.08. The Morgan fingerprint density at radius 3 is 2.95 bits per heavy atom. The Hall–Kier alpha value is -1.39. The number of carbonyl (C=O) groups excluding carboxylic acids is 1. The summed E-state index contributed by atoms with van der Waals surface area (Å²) in [6.45, 7) is 2.16. The van der Waals surface area contributed by atoms with Crippen molar-refractivity contribution in [1.82, 2.24) is 5.43 Å². The summed E-state index contributed by atoms with van der Waals surface area (Å²) in [5.74, 6) is 0.239. The van der Waals surface area contributed by atoms with Gasteiger partial charge in [0.05, 0.1) is 5.02 Å². The van der Waals surface area contributed by atoms with Gasteiger partial charge in [0.1, 0.15) is 4.88 Å². The van der Waals surface area contributed by atoms with E-state index in [0.717, 1.165) is 35.1 Å². The van der Waals surface area contributed by atoms with Crippen LogP contribution in [0.2, 0.25) is 5.02 Å². The van der Waals surface area contributed by atoms with E-state index in [2.05, 4.69) is 17.5 Å². The van der Waals surface area contributed by atoms with Crippen molar-refractivity contribution in [2.75, 3.05) is 0 Å². The SMILES string of the molecule is C[C@@H]1CCCCC1=NNC(=O)c1sc2ccccc2c1Cl. The van der Waals surface area contributed by atoms with Crippen molar-refractivity contribution >= 4 is 44.6 Å². The Kier molecular flexibility index (Phi) is 4.27. The molecular weight excluding hydrogens is 304 g/mol. The second-order valence-corrected chi connectivity index (χ2v) is 6.86. The minimum Gasteiger partial charge on any atom is -0.266 e. The fraction of sp³-hybridized carbons (Fsp3) is 0.375. The molecule has 5 heteroatoms. The molecule has 2 aromatic rings. The van der Waals surface area contributed by atoms with Gasteiger partial charge in [0.25, 0.3) is 5.91 Å². The number of amides is 1. The minimum atomic E-state index is -0.216. The maximum Gasteiger partial charge on any atom is 0.283 e. The van der Waals surface area contributed by atoms with E-state index >= 15 is 0 Å². The molecule has 0 bridgehead atoms. The fourth-order valence-electron chi connectivity index (χ4n) is 2.67. The average Bonchev–Trinajstić information content (AvgIpc) is 2.84. The van der Waals surface area contributed by atoms with E-state index in [1.54, 1.807) is 0 Å². The summed E-state index contributed by atoms with van der Waals surface area (Å²) in [5, 5.41) is 5.76. The Labute approximate surface area is 133 Å². The molecule has 1 N–H and O–H groups in total. The third-order valence-corrected chi connectivity index (χ3v) is 5.61. The maximum atomic E-state index is 12.3. The number of hydrogen-bond donors (Lipinski definition) is 1. The van der Waals surface area contributed by atoms with E-state index in [-0.39, 0.29) is 5.91 Å². The van der Waals surface area contributed by atoms with Crippen LogP contribution < -0.4 is 5.43 Å². The zero-order chi connectivity index (χ0) is 14.8. The Bertz CT molecular complexity index is 707. The first-order valence-corrected chi connectivity index (χ1v) is 8.40. The van der Waals surface area contributed by atoms with Crippen LogP contribution in [0.15, 0.2) is 29.4 Å². The predicted molar refractivity (Wildman–Crippen MR) is 89.4 cm³/mol. The Morgan fingerprint density at radius 2 is 2.19 bits per heavy atom. The molecule has 0 radical (unpaired) electrons. The molecular formula is C16H17ClN2OS. The molecule has 0 spiro atoms. The standard InChI is InChI=1S/C16H17ClN2OS/c1-10-6-2-4-8-12(10)18-19-16(20)15-14(17)11-7-3-5-9-13(11)21-15/h3,5,7,9-10H,2,4,6,8H2,1H3,(H,19,20)/t10-/m1/s1. The number of thiophene rings is 1. The summed E-state index contributed by atoms with van der Waals surface area (Å²) >= 11 is 7.71. The molecule has 1 aliphatic rings. The van der Waals surface area contributed by atoms with Crippen LogP contribution in [0.25, 0.3) is 10.1 Å². The van der Waals surface area contributed by atoms with E-state index in [9.17, 15) is 4.79 Å². The van der Waals surface area contributed by atoms with Crippen LogP contribution in [-0.2, 0) is 0 Å². The average molecular weight is 321 g/mol. The number of benzene rings is 1. The van der Waals surface area contributed by atoms with Gasteiger partial charge in [-0.05, 0) is 31.2 Å². The predicted octanol–water partition coefficient (Wildman–Crippen LogP) is 4.85. The lowest BCUT2D eigenvalue weighted by molar-refractivity contribution is 0.0958. The van der Waals surface area contributed by atoms with Gasteiger partial charge in [0.2, 0.25) is 0 Å². The van der Waals surface area contributed by atoms with Gasteiger partial charge in [-0.25, -0.2) is 5.43 Å². The quantitative estimate of drug-likeness (QED) is 0.789. The molecule has 3 rings (SSSR count). The van der Waals surface area contributed by atoms with Gasteiger partial charge in [0, 0.05) is 15.8 Å². The van der Waals surface area contributed by atoms with E-state index in [1.807, 2.05) is 24.3 Å². The normalized spacial score (nSPS) is 20.9. The van der Waals surface area contributed by atoms with Crippen molar-refractivity contribution < 1.29 is 4.79 Å². The largest absolute Gasteiger partial charge is 0.283 e. The second-order valence-electron chi connectivity index (χ2n) is 5.43. The molecule has 21 heavy (non-hydrogen) atoms. The van der Waals surface area contributed by atoms with E-state index in [4.69, 9.17) is 11.6 Å². The Balaban J connectivity index is 1.81. The number of nitrogens with zero attached hydrogens (tertiary/aromatic N) is 1. The highest BCUT2D eigenvalue weighted by Crippen LogP contribution is 2.35. The third kappa shape index (κ3) is 2.97. The molecule has 0 unspecified atom stereocenters. The van der Waals surface area contributed by atoms with Gasteiger partial charge < -0.3 is 0 Å². The van der Waals surface area contributed by atoms with Gasteiger partial charge in [-0.15, -0.1) is 11.3 Å². The highest BCUT2D eigenvalue weighted by atomic mass is 35.5. The summed E-state index contributed by atoms with van der Waals surface area (Å²) in [6, 6.07) is 7.77. The van der Waals surface area contributed by atoms with Crippen LogP contribution in [0.4, 0.5) is 0 Å². The molecule has 1 saturated carbocycles. The van der Waals surface area contributed by atoms with Crippen LogP contribution >= 0.6 is 22.9 Å². The zero-order valence-corrected chi connectivity index (χ0v) is 13.4. The third-order valence-electron chi connectivity index (χ3n) is 3.93. The molecule has 1 aromatic carbocycles. The molecule has 1 amide bonds. The molecule has 0 aliphatic heterocycles. The monoisotopic (exact) mass is 320 g/mol. The lowest BCUT2D eigenvalue weighted by Crippen LogP contribution is -2.23. The van der Waals surface area contributed by atoms with Gasteiger partial charge in [-0.1, -0.05) is 43.1 Å². The van der Waals surface area contributed by atoms with E-state index < -0.39 is 0 Å². The van der Waals surface area contributed by atoms with Crippen LogP contribution in [0.3, 0.4) is 0 Å². The minimum absolute atomic E-state index is 0.216. The van der Waals surface area contributed by atoms with E-state index in [0.29, 0.717) is 15.8 Å². The van der Waals surface area contributed by atoms with Crippen molar-refractivity contribution in [2.24, 2.45) is 11.0 Å². The first-order chi connectivity index (χ1) is 10.2. The van der Waals surface area contributed by atoms with Crippen molar-refractivity contribution in [2.45, 2.75) is 32.6 Å². The van der Waals surface area contributed by atoms with Crippen molar-refractivity contribution in [3.8, 4) is 0 Å². The van der Waals surface area contributed by atoms with Crippen molar-refractivity contribution in [1.29, 1.82) is 0 Å². The maximum absolute atomic E-state index is 12.3. The van der Waals surface area contributed by atoms with Crippen LogP contribution in [0, 0.1) is 5.92 Å². The topological polar surface area (TPSA) is 41.5 Å². The highest BCUT2D eigenvalue weighted by molar-refractivity contribution is 7.21.